The molecule has 2 unspecified atom stereocenters. The third kappa shape index (κ3) is 3.13. The molecule has 106 valence electrons. The maximum Gasteiger partial charge on any atom is 0.133 e. The molecular weight excluding hydrogens is 312 g/mol. The molecule has 0 saturated carbocycles. The molecule has 0 spiro atoms. The molecule has 1 aromatic heterocycles. The molecular formula is C14H15ClN2OS2. The second-order valence-corrected chi connectivity index (χ2v) is 7.46. The summed E-state index contributed by atoms with van der Waals surface area (Å²) in [4.78, 5) is 2.41. The van der Waals surface area contributed by atoms with E-state index in [9.17, 15) is 0 Å². The first-order valence-electron chi connectivity index (χ1n) is 6.35. The van der Waals surface area contributed by atoms with Gasteiger partial charge in [-0.05, 0) is 24.3 Å². The van der Waals surface area contributed by atoms with Crippen molar-refractivity contribution < 1.29 is 4.74 Å². The van der Waals surface area contributed by atoms with E-state index < -0.39 is 0 Å². The topological polar surface area (TPSA) is 47.3 Å². The summed E-state index contributed by atoms with van der Waals surface area (Å²) in [5.74, 6) is 7.55. The monoisotopic (exact) mass is 326 g/mol. The minimum absolute atomic E-state index is 0.0563. The molecule has 0 aliphatic carbocycles. The first kappa shape index (κ1) is 14.2. The van der Waals surface area contributed by atoms with Crippen molar-refractivity contribution in [2.24, 2.45) is 5.84 Å². The number of hydrazine groups is 1. The van der Waals surface area contributed by atoms with Gasteiger partial charge < -0.3 is 4.74 Å². The van der Waals surface area contributed by atoms with Crippen molar-refractivity contribution in [3.63, 3.8) is 0 Å². The summed E-state index contributed by atoms with van der Waals surface area (Å²) in [7, 11) is 0. The number of thiophene rings is 1. The third-order valence-corrected chi connectivity index (χ3v) is 5.64. The predicted molar refractivity (Wildman–Crippen MR) is 85.7 cm³/mol. The van der Waals surface area contributed by atoms with Crippen molar-refractivity contribution in [1.82, 2.24) is 5.43 Å². The second-order valence-electron chi connectivity index (χ2n) is 4.60. The summed E-state index contributed by atoms with van der Waals surface area (Å²) in [6, 6.07) is 12.1. The molecule has 0 amide bonds. The van der Waals surface area contributed by atoms with E-state index in [0.717, 1.165) is 22.3 Å². The van der Waals surface area contributed by atoms with Crippen LogP contribution in [-0.2, 0) is 6.42 Å². The number of nitrogens with two attached hydrogens (primary N) is 1. The molecule has 0 fully saturated rings. The van der Waals surface area contributed by atoms with Crippen LogP contribution in [0, 0.1) is 0 Å². The standard InChI is InChI=1S/C14H15ClN2OS2/c15-14-6-5-9(20-14)7-10(17-16)12-8-19-13-4-2-1-3-11(13)18-12/h1-6,10,12,17H,7-8,16H2. The number of rotatable bonds is 4. The molecule has 0 saturated heterocycles. The molecule has 20 heavy (non-hydrogen) atoms. The SMILES string of the molecule is NNC(Cc1ccc(Cl)s1)C1CSc2ccccc2O1. The average molecular weight is 327 g/mol. The van der Waals surface area contributed by atoms with E-state index in [1.807, 2.05) is 42.1 Å². The number of halogens is 1. The van der Waals surface area contributed by atoms with E-state index >= 15 is 0 Å². The van der Waals surface area contributed by atoms with Crippen molar-refractivity contribution in [2.75, 3.05) is 5.75 Å². The van der Waals surface area contributed by atoms with Crippen LogP contribution < -0.4 is 16.0 Å². The van der Waals surface area contributed by atoms with E-state index in [2.05, 4.69) is 11.5 Å². The van der Waals surface area contributed by atoms with Crippen LogP contribution in [-0.4, -0.2) is 17.9 Å². The van der Waals surface area contributed by atoms with Crippen molar-refractivity contribution in [1.29, 1.82) is 0 Å². The Kier molecular flexibility index (Phi) is 4.53. The highest BCUT2D eigenvalue weighted by molar-refractivity contribution is 7.99. The van der Waals surface area contributed by atoms with E-state index in [-0.39, 0.29) is 12.1 Å². The number of ether oxygens (including phenoxy) is 1. The van der Waals surface area contributed by atoms with Gasteiger partial charge in [-0.2, -0.15) is 0 Å². The van der Waals surface area contributed by atoms with Gasteiger partial charge in [0.2, 0.25) is 0 Å². The third-order valence-electron chi connectivity index (χ3n) is 3.24. The summed E-state index contributed by atoms with van der Waals surface area (Å²) < 4.78 is 6.88. The lowest BCUT2D eigenvalue weighted by Gasteiger charge is -2.31. The van der Waals surface area contributed by atoms with Crippen LogP contribution in [0.15, 0.2) is 41.3 Å². The molecule has 3 N–H and O–H groups in total. The largest absolute Gasteiger partial charge is 0.487 e. The number of para-hydroxylation sites is 1. The summed E-state index contributed by atoms with van der Waals surface area (Å²) in [5, 5.41) is 0. The molecule has 2 atom stereocenters. The zero-order valence-electron chi connectivity index (χ0n) is 10.7. The fourth-order valence-electron chi connectivity index (χ4n) is 2.21. The molecule has 3 rings (SSSR count). The maximum atomic E-state index is 6.07. The lowest BCUT2D eigenvalue weighted by Crippen LogP contribution is -2.49. The van der Waals surface area contributed by atoms with Gasteiger partial charge in [0.1, 0.15) is 11.9 Å². The van der Waals surface area contributed by atoms with Crippen molar-refractivity contribution in [3.8, 4) is 5.75 Å². The quantitative estimate of drug-likeness (QED) is 0.668. The van der Waals surface area contributed by atoms with Crippen LogP contribution in [0.1, 0.15) is 4.88 Å². The number of hydrogen-bond donors (Lipinski definition) is 2. The summed E-state index contributed by atoms with van der Waals surface area (Å²) in [6.45, 7) is 0. The maximum absolute atomic E-state index is 6.07. The number of fused-ring (bicyclic) bond motifs is 1. The fourth-order valence-corrected chi connectivity index (χ4v) is 4.43. The normalized spacial score (nSPS) is 19.2. The smallest absolute Gasteiger partial charge is 0.133 e. The molecule has 3 nitrogen and oxygen atoms in total. The zero-order valence-corrected chi connectivity index (χ0v) is 13.1. The molecule has 1 aromatic carbocycles. The summed E-state index contributed by atoms with van der Waals surface area (Å²) >= 11 is 9.37. The lowest BCUT2D eigenvalue weighted by atomic mass is 10.1. The van der Waals surface area contributed by atoms with Gasteiger partial charge in [-0.1, -0.05) is 23.7 Å². The fraction of sp³-hybridized carbons (Fsp3) is 0.286. The van der Waals surface area contributed by atoms with E-state index in [1.54, 1.807) is 11.3 Å². The summed E-state index contributed by atoms with van der Waals surface area (Å²) in [5.41, 5.74) is 2.89. The van der Waals surface area contributed by atoms with Crippen LogP contribution in [0.5, 0.6) is 5.75 Å². The summed E-state index contributed by atoms with van der Waals surface area (Å²) in [6.07, 6.45) is 0.877. The van der Waals surface area contributed by atoms with Gasteiger partial charge in [0, 0.05) is 21.9 Å². The van der Waals surface area contributed by atoms with Gasteiger partial charge in [0.25, 0.3) is 0 Å². The average Bonchev–Trinajstić information content (AvgIpc) is 2.89. The van der Waals surface area contributed by atoms with Crippen molar-refractivity contribution >= 4 is 34.7 Å². The number of hydrogen-bond acceptors (Lipinski definition) is 5. The van der Waals surface area contributed by atoms with Crippen LogP contribution in [0.4, 0.5) is 0 Å². The molecule has 0 radical (unpaired) electrons. The Balaban J connectivity index is 1.71. The Morgan fingerprint density at radius 3 is 2.95 bits per heavy atom. The highest BCUT2D eigenvalue weighted by Gasteiger charge is 2.28. The molecule has 0 bridgehead atoms. The highest BCUT2D eigenvalue weighted by Crippen LogP contribution is 2.36. The van der Waals surface area contributed by atoms with Gasteiger partial charge in [-0.3, -0.25) is 11.3 Å². The number of nitrogens with one attached hydrogen (secondary N) is 1. The molecule has 1 aliphatic heterocycles. The molecule has 2 aromatic rings. The van der Waals surface area contributed by atoms with Gasteiger partial charge in [-0.25, -0.2) is 0 Å². The Hall–Kier alpha value is -0.720. The zero-order chi connectivity index (χ0) is 13.9. The number of thioether (sulfide) groups is 1. The van der Waals surface area contributed by atoms with Crippen LogP contribution in [0.25, 0.3) is 0 Å². The van der Waals surface area contributed by atoms with Crippen LogP contribution in [0.3, 0.4) is 0 Å². The number of benzene rings is 1. The Morgan fingerprint density at radius 2 is 2.20 bits per heavy atom. The first-order chi connectivity index (χ1) is 9.76. The minimum atomic E-state index is 0.0563. The van der Waals surface area contributed by atoms with Gasteiger partial charge >= 0.3 is 0 Å². The van der Waals surface area contributed by atoms with E-state index in [0.29, 0.717) is 0 Å². The van der Waals surface area contributed by atoms with Gasteiger partial charge in [0.05, 0.1) is 10.4 Å². The van der Waals surface area contributed by atoms with E-state index in [1.165, 1.54) is 9.77 Å². The predicted octanol–water partition coefficient (Wildman–Crippen LogP) is 3.33. The molecule has 1 aliphatic rings. The Bertz CT molecular complexity index is 590. The highest BCUT2D eigenvalue weighted by atomic mass is 35.5. The molecule has 6 heteroatoms. The van der Waals surface area contributed by atoms with Crippen molar-refractivity contribution in [2.45, 2.75) is 23.5 Å². The Morgan fingerprint density at radius 1 is 1.35 bits per heavy atom. The second kappa shape index (κ2) is 6.37. The van der Waals surface area contributed by atoms with Crippen molar-refractivity contribution in [3.05, 3.63) is 45.6 Å². The first-order valence-corrected chi connectivity index (χ1v) is 8.53. The Labute approximate surface area is 131 Å². The van der Waals surface area contributed by atoms with E-state index in [4.69, 9.17) is 22.2 Å². The van der Waals surface area contributed by atoms with Crippen LogP contribution in [0.2, 0.25) is 4.34 Å². The molecule has 2 heterocycles. The lowest BCUT2D eigenvalue weighted by molar-refractivity contribution is 0.166. The minimum Gasteiger partial charge on any atom is -0.487 e. The van der Waals surface area contributed by atoms with Gasteiger partial charge in [0.15, 0.2) is 0 Å². The van der Waals surface area contributed by atoms with Crippen LogP contribution >= 0.6 is 34.7 Å². The van der Waals surface area contributed by atoms with Gasteiger partial charge in [-0.15, -0.1) is 23.1 Å².